The molecule has 0 aliphatic heterocycles. The number of hydrogen-bond acceptors (Lipinski definition) is 7. The molecule has 5 N–H and O–H groups in total. The van der Waals surface area contributed by atoms with E-state index >= 15 is 0 Å². The summed E-state index contributed by atoms with van der Waals surface area (Å²) in [7, 11) is -3.66. The summed E-state index contributed by atoms with van der Waals surface area (Å²) in [4.78, 5) is 8.53. The Morgan fingerprint density at radius 3 is 2.24 bits per heavy atom. The van der Waals surface area contributed by atoms with Crippen molar-refractivity contribution in [1.82, 2.24) is 14.7 Å². The minimum Gasteiger partial charge on any atom is -0.383 e. The number of rotatable bonds is 8. The number of aromatic nitrogens is 2. The van der Waals surface area contributed by atoms with E-state index in [1.54, 1.807) is 24.3 Å². The first-order valence-electron chi connectivity index (χ1n) is 9.00. The lowest BCUT2D eigenvalue weighted by Crippen LogP contribution is -2.29. The average molecular weight is 430 g/mol. The first-order valence-corrected chi connectivity index (χ1v) is 11.5. The van der Waals surface area contributed by atoms with Gasteiger partial charge in [-0.15, -0.1) is 0 Å². The molecule has 2 aromatic carbocycles. The topological polar surface area (TPSA) is 124 Å². The van der Waals surface area contributed by atoms with E-state index in [1.165, 1.54) is 17.8 Å². The van der Waals surface area contributed by atoms with Crippen molar-refractivity contribution in [2.75, 3.05) is 17.2 Å². The SMILES string of the molecule is Cc1ccc(S(=O)(=O)NC(CCSc2nc(N)cc(N)n2)c2ccccc2)cc1. The Hall–Kier alpha value is -2.62. The van der Waals surface area contributed by atoms with Crippen LogP contribution in [0.25, 0.3) is 0 Å². The lowest BCUT2D eigenvalue weighted by atomic mass is 10.1. The van der Waals surface area contributed by atoms with Crippen molar-refractivity contribution in [3.63, 3.8) is 0 Å². The Labute approximate surface area is 175 Å². The Kier molecular flexibility index (Phi) is 6.73. The molecule has 0 aliphatic carbocycles. The normalized spacial score (nSPS) is 12.6. The van der Waals surface area contributed by atoms with E-state index in [-0.39, 0.29) is 4.90 Å². The van der Waals surface area contributed by atoms with Gasteiger partial charge in [-0.1, -0.05) is 59.8 Å². The first-order chi connectivity index (χ1) is 13.8. The highest BCUT2D eigenvalue weighted by molar-refractivity contribution is 7.99. The minimum absolute atomic E-state index is 0.239. The van der Waals surface area contributed by atoms with Crippen LogP contribution in [0.1, 0.15) is 23.6 Å². The van der Waals surface area contributed by atoms with Gasteiger partial charge in [0.2, 0.25) is 10.0 Å². The molecule has 3 aromatic rings. The van der Waals surface area contributed by atoms with Crippen molar-refractivity contribution in [2.24, 2.45) is 0 Å². The molecule has 0 fully saturated rings. The molecule has 7 nitrogen and oxygen atoms in total. The zero-order valence-electron chi connectivity index (χ0n) is 15.9. The average Bonchev–Trinajstić information content (AvgIpc) is 2.67. The molecule has 0 saturated heterocycles. The Morgan fingerprint density at radius 1 is 1.00 bits per heavy atom. The van der Waals surface area contributed by atoms with Crippen molar-refractivity contribution < 1.29 is 8.42 Å². The van der Waals surface area contributed by atoms with Gasteiger partial charge in [0, 0.05) is 17.9 Å². The molecule has 1 atom stereocenters. The summed E-state index contributed by atoms with van der Waals surface area (Å²) < 4.78 is 28.6. The van der Waals surface area contributed by atoms with Crippen LogP contribution in [0.15, 0.2) is 70.7 Å². The zero-order valence-corrected chi connectivity index (χ0v) is 17.6. The van der Waals surface area contributed by atoms with Gasteiger partial charge in [0.25, 0.3) is 0 Å². The second-order valence-electron chi connectivity index (χ2n) is 6.53. The van der Waals surface area contributed by atoms with E-state index in [2.05, 4.69) is 14.7 Å². The van der Waals surface area contributed by atoms with Crippen molar-refractivity contribution in [3.8, 4) is 0 Å². The Bertz CT molecular complexity index is 1040. The van der Waals surface area contributed by atoms with Crippen molar-refractivity contribution in [3.05, 3.63) is 71.8 Å². The number of nitrogens with two attached hydrogens (primary N) is 2. The minimum atomic E-state index is -3.66. The van der Waals surface area contributed by atoms with Gasteiger partial charge in [-0.3, -0.25) is 0 Å². The predicted octanol–water partition coefficient (Wildman–Crippen LogP) is 3.15. The molecular formula is C20H23N5O2S2. The smallest absolute Gasteiger partial charge is 0.241 e. The standard InChI is InChI=1S/C20H23N5O2S2/c1-14-7-9-16(10-8-14)29(26,27)25-17(15-5-3-2-4-6-15)11-12-28-20-23-18(21)13-19(22)24-20/h2-10,13,17,25H,11-12H2,1H3,(H4,21,22,23,24). The van der Waals surface area contributed by atoms with E-state index < -0.39 is 16.1 Å². The highest BCUT2D eigenvalue weighted by atomic mass is 32.2. The molecule has 1 heterocycles. The number of benzene rings is 2. The number of hydrogen-bond donors (Lipinski definition) is 3. The fourth-order valence-corrected chi connectivity index (χ4v) is 4.88. The zero-order chi connectivity index (χ0) is 20.9. The third kappa shape index (κ3) is 5.93. The van der Waals surface area contributed by atoms with Crippen molar-refractivity contribution >= 4 is 33.4 Å². The number of nitrogens with one attached hydrogen (secondary N) is 1. The summed E-state index contributed by atoms with van der Waals surface area (Å²) in [5.41, 5.74) is 13.3. The molecule has 1 unspecified atom stereocenters. The largest absolute Gasteiger partial charge is 0.383 e. The Morgan fingerprint density at radius 2 is 1.62 bits per heavy atom. The van der Waals surface area contributed by atoms with Crippen molar-refractivity contribution in [2.45, 2.75) is 29.4 Å². The summed E-state index contributed by atoms with van der Waals surface area (Å²) in [5.74, 6) is 1.19. The predicted molar refractivity (Wildman–Crippen MR) is 117 cm³/mol. The molecule has 152 valence electrons. The van der Waals surface area contributed by atoms with Crippen LogP contribution in [-0.4, -0.2) is 24.1 Å². The van der Waals surface area contributed by atoms with Crippen LogP contribution in [0.5, 0.6) is 0 Å². The number of anilines is 2. The fourth-order valence-electron chi connectivity index (χ4n) is 2.75. The van der Waals surface area contributed by atoms with Crippen LogP contribution in [0.2, 0.25) is 0 Å². The van der Waals surface area contributed by atoms with Gasteiger partial charge in [0.1, 0.15) is 11.6 Å². The van der Waals surface area contributed by atoms with E-state index in [0.717, 1.165) is 11.1 Å². The third-order valence-corrected chi connectivity index (χ3v) is 6.58. The van der Waals surface area contributed by atoms with Gasteiger partial charge in [-0.05, 0) is 31.0 Å². The van der Waals surface area contributed by atoms with E-state index in [1.807, 2.05) is 37.3 Å². The van der Waals surface area contributed by atoms with Crippen LogP contribution in [0, 0.1) is 6.92 Å². The van der Waals surface area contributed by atoms with Crippen LogP contribution in [0.3, 0.4) is 0 Å². The van der Waals surface area contributed by atoms with E-state index in [0.29, 0.717) is 29.0 Å². The van der Waals surface area contributed by atoms with Gasteiger partial charge < -0.3 is 11.5 Å². The number of aryl methyl sites for hydroxylation is 1. The summed E-state index contributed by atoms with van der Waals surface area (Å²) >= 11 is 1.38. The van der Waals surface area contributed by atoms with E-state index in [9.17, 15) is 8.42 Å². The molecule has 0 bridgehead atoms. The molecule has 3 rings (SSSR count). The maximum atomic E-state index is 12.9. The molecular weight excluding hydrogens is 406 g/mol. The highest BCUT2D eigenvalue weighted by Gasteiger charge is 2.21. The molecule has 9 heteroatoms. The van der Waals surface area contributed by atoms with E-state index in [4.69, 9.17) is 11.5 Å². The first kappa shape index (κ1) is 21.1. The van der Waals surface area contributed by atoms with Gasteiger partial charge in [-0.2, -0.15) is 0 Å². The fraction of sp³-hybridized carbons (Fsp3) is 0.200. The summed E-state index contributed by atoms with van der Waals surface area (Å²) in [5, 5.41) is 0.468. The second kappa shape index (κ2) is 9.25. The number of thioether (sulfide) groups is 1. The summed E-state index contributed by atoms with van der Waals surface area (Å²) in [6.07, 6.45) is 0.540. The van der Waals surface area contributed by atoms with Crippen LogP contribution in [-0.2, 0) is 10.0 Å². The van der Waals surface area contributed by atoms with Gasteiger partial charge in [0.15, 0.2) is 5.16 Å². The van der Waals surface area contributed by atoms with Gasteiger partial charge in [-0.25, -0.2) is 23.1 Å². The third-order valence-electron chi connectivity index (χ3n) is 4.21. The molecule has 0 saturated carbocycles. The maximum Gasteiger partial charge on any atom is 0.241 e. The lowest BCUT2D eigenvalue weighted by molar-refractivity contribution is 0.551. The highest BCUT2D eigenvalue weighted by Crippen LogP contribution is 2.25. The molecule has 0 spiro atoms. The van der Waals surface area contributed by atoms with Gasteiger partial charge in [0.05, 0.1) is 4.90 Å². The summed E-state index contributed by atoms with van der Waals surface area (Å²) in [6.45, 7) is 1.92. The van der Waals surface area contributed by atoms with Crippen molar-refractivity contribution in [1.29, 1.82) is 0 Å². The summed E-state index contributed by atoms with van der Waals surface area (Å²) in [6, 6.07) is 17.4. The molecule has 1 aromatic heterocycles. The lowest BCUT2D eigenvalue weighted by Gasteiger charge is -2.19. The molecule has 0 aliphatic rings. The monoisotopic (exact) mass is 429 g/mol. The molecule has 0 amide bonds. The van der Waals surface area contributed by atoms with Crippen LogP contribution >= 0.6 is 11.8 Å². The van der Waals surface area contributed by atoms with Crippen LogP contribution in [0.4, 0.5) is 11.6 Å². The van der Waals surface area contributed by atoms with Crippen LogP contribution < -0.4 is 16.2 Å². The van der Waals surface area contributed by atoms with Gasteiger partial charge >= 0.3 is 0 Å². The number of nitrogens with zero attached hydrogens (tertiary/aromatic N) is 2. The molecule has 0 radical (unpaired) electrons. The Balaban J connectivity index is 1.75. The number of sulfonamides is 1. The second-order valence-corrected chi connectivity index (χ2v) is 9.31. The number of nitrogen functional groups attached to an aromatic ring is 2. The maximum absolute atomic E-state index is 12.9. The molecule has 29 heavy (non-hydrogen) atoms. The quantitative estimate of drug-likeness (QED) is 0.371.